The van der Waals surface area contributed by atoms with Crippen LogP contribution in [0, 0.1) is 0 Å². The summed E-state index contributed by atoms with van der Waals surface area (Å²) in [5.74, 6) is 1.68. The summed E-state index contributed by atoms with van der Waals surface area (Å²) < 4.78 is 5.37. The molecule has 1 heterocycles. The van der Waals surface area contributed by atoms with Gasteiger partial charge in [-0.15, -0.1) is 0 Å². The molecule has 2 nitrogen and oxygen atoms in total. The third-order valence-electron chi connectivity index (χ3n) is 1.84. The second-order valence-electron chi connectivity index (χ2n) is 2.66. The van der Waals surface area contributed by atoms with Gasteiger partial charge in [-0.1, -0.05) is 17.8 Å². The Morgan fingerprint density at radius 2 is 2.42 bits per heavy atom. The van der Waals surface area contributed by atoms with Crippen LogP contribution in [0.3, 0.4) is 0 Å². The van der Waals surface area contributed by atoms with Gasteiger partial charge in [0.05, 0.1) is 4.90 Å². The zero-order valence-corrected chi connectivity index (χ0v) is 7.43. The van der Waals surface area contributed by atoms with E-state index in [9.17, 15) is 0 Å². The molecule has 0 amide bonds. The number of thioether (sulfide) groups is 1. The zero-order valence-electron chi connectivity index (χ0n) is 6.62. The Morgan fingerprint density at radius 1 is 1.50 bits per heavy atom. The van der Waals surface area contributed by atoms with Gasteiger partial charge in [-0.2, -0.15) is 0 Å². The topological polar surface area (TPSA) is 29.5 Å². The van der Waals surface area contributed by atoms with Gasteiger partial charge in [-0.3, -0.25) is 0 Å². The lowest BCUT2D eigenvalue weighted by Crippen LogP contribution is -1.91. The van der Waals surface area contributed by atoms with Crippen molar-refractivity contribution in [1.82, 2.24) is 0 Å². The predicted octanol–water partition coefficient (Wildman–Crippen LogP) is 1.66. The molecule has 0 saturated carbocycles. The third kappa shape index (κ3) is 1.42. The summed E-state index contributed by atoms with van der Waals surface area (Å²) in [6, 6.07) is 6.10. The average Bonchev–Trinajstić information content (AvgIpc) is 2.51. The van der Waals surface area contributed by atoms with Crippen molar-refractivity contribution in [3.8, 4) is 5.75 Å². The molecule has 0 aliphatic carbocycles. The maximum atomic E-state index is 8.72. The van der Waals surface area contributed by atoms with E-state index in [1.54, 1.807) is 11.8 Å². The Morgan fingerprint density at radius 3 is 3.25 bits per heavy atom. The van der Waals surface area contributed by atoms with Crippen LogP contribution in [-0.2, 0) is 6.42 Å². The van der Waals surface area contributed by atoms with Gasteiger partial charge in [0, 0.05) is 6.61 Å². The first-order valence-electron chi connectivity index (χ1n) is 3.89. The minimum absolute atomic E-state index is 0.200. The summed E-state index contributed by atoms with van der Waals surface area (Å²) in [7, 11) is 0. The Kier molecular flexibility index (Phi) is 2.23. The van der Waals surface area contributed by atoms with Gasteiger partial charge < -0.3 is 9.84 Å². The molecular formula is C9H10O2S. The molecule has 0 unspecified atom stereocenters. The first kappa shape index (κ1) is 7.95. The molecule has 0 bridgehead atoms. The van der Waals surface area contributed by atoms with Crippen molar-refractivity contribution in [3.63, 3.8) is 0 Å². The van der Waals surface area contributed by atoms with E-state index in [-0.39, 0.29) is 6.61 Å². The molecule has 3 heteroatoms. The van der Waals surface area contributed by atoms with Gasteiger partial charge in [0.25, 0.3) is 0 Å². The van der Waals surface area contributed by atoms with Crippen molar-refractivity contribution >= 4 is 11.8 Å². The van der Waals surface area contributed by atoms with Crippen LogP contribution in [0.5, 0.6) is 5.75 Å². The first-order chi connectivity index (χ1) is 5.90. The molecule has 0 fully saturated rings. The van der Waals surface area contributed by atoms with Crippen LogP contribution in [0.4, 0.5) is 0 Å². The monoisotopic (exact) mass is 182 g/mol. The summed E-state index contributed by atoms with van der Waals surface area (Å²) in [6.45, 7) is 0.200. The normalized spacial score (nSPS) is 14.1. The Labute approximate surface area is 75.6 Å². The number of aliphatic hydroxyl groups is 1. The summed E-state index contributed by atoms with van der Waals surface area (Å²) in [5.41, 5.74) is 1.14. The molecule has 1 N–H and O–H groups in total. The number of hydrogen-bond acceptors (Lipinski definition) is 3. The first-order valence-corrected chi connectivity index (χ1v) is 4.88. The molecule has 1 aliphatic rings. The molecule has 0 radical (unpaired) electrons. The Hall–Kier alpha value is -0.670. The fourth-order valence-corrected chi connectivity index (χ4v) is 1.96. The lowest BCUT2D eigenvalue weighted by molar-refractivity contribution is 0.299. The predicted molar refractivity (Wildman–Crippen MR) is 48.6 cm³/mol. The number of aliphatic hydroxyl groups excluding tert-OH is 1. The van der Waals surface area contributed by atoms with Crippen LogP contribution in [0.2, 0.25) is 0 Å². The lowest BCUT2D eigenvalue weighted by Gasteiger charge is -2.00. The smallest absolute Gasteiger partial charge is 0.138 e. The highest BCUT2D eigenvalue weighted by atomic mass is 32.2. The van der Waals surface area contributed by atoms with E-state index >= 15 is 0 Å². The molecule has 2 rings (SSSR count). The number of rotatable bonds is 2. The summed E-state index contributed by atoms with van der Waals surface area (Å²) in [5, 5.41) is 8.72. The molecule has 0 atom stereocenters. The van der Waals surface area contributed by atoms with Crippen LogP contribution in [-0.4, -0.2) is 17.7 Å². The van der Waals surface area contributed by atoms with Crippen LogP contribution in [0.15, 0.2) is 23.1 Å². The van der Waals surface area contributed by atoms with Gasteiger partial charge >= 0.3 is 0 Å². The van der Waals surface area contributed by atoms with Crippen LogP contribution in [0.1, 0.15) is 5.56 Å². The molecule has 64 valence electrons. The van der Waals surface area contributed by atoms with Crippen molar-refractivity contribution in [2.75, 3.05) is 12.5 Å². The molecule has 1 aromatic carbocycles. The fraction of sp³-hybridized carbons (Fsp3) is 0.333. The van der Waals surface area contributed by atoms with E-state index in [4.69, 9.17) is 9.84 Å². The SMILES string of the molecule is OCCc1ccc2c(c1)OCS2. The van der Waals surface area contributed by atoms with Crippen molar-refractivity contribution in [1.29, 1.82) is 0 Å². The molecule has 1 aromatic rings. The van der Waals surface area contributed by atoms with E-state index in [1.807, 2.05) is 12.1 Å². The minimum atomic E-state index is 0.200. The van der Waals surface area contributed by atoms with Gasteiger partial charge in [-0.25, -0.2) is 0 Å². The number of ether oxygens (including phenoxy) is 1. The highest BCUT2D eigenvalue weighted by Crippen LogP contribution is 2.36. The van der Waals surface area contributed by atoms with Crippen molar-refractivity contribution in [2.45, 2.75) is 11.3 Å². The quantitative estimate of drug-likeness (QED) is 0.754. The summed E-state index contributed by atoms with van der Waals surface area (Å²) in [6.07, 6.45) is 0.710. The summed E-state index contributed by atoms with van der Waals surface area (Å²) >= 11 is 1.71. The van der Waals surface area contributed by atoms with Gasteiger partial charge in [0.2, 0.25) is 0 Å². The Bertz CT molecular complexity index is 286. The highest BCUT2D eigenvalue weighted by Gasteiger charge is 2.11. The van der Waals surface area contributed by atoms with Crippen LogP contribution < -0.4 is 4.74 Å². The number of hydrogen-bond donors (Lipinski definition) is 1. The third-order valence-corrected chi connectivity index (χ3v) is 2.72. The lowest BCUT2D eigenvalue weighted by atomic mass is 10.1. The van der Waals surface area contributed by atoms with Gasteiger partial charge in [0.15, 0.2) is 0 Å². The molecule has 12 heavy (non-hydrogen) atoms. The van der Waals surface area contributed by atoms with Crippen molar-refractivity contribution in [2.24, 2.45) is 0 Å². The van der Waals surface area contributed by atoms with Crippen LogP contribution in [0.25, 0.3) is 0 Å². The number of fused-ring (bicyclic) bond motifs is 1. The Balaban J connectivity index is 2.26. The maximum Gasteiger partial charge on any atom is 0.138 e. The van der Waals surface area contributed by atoms with Crippen molar-refractivity contribution < 1.29 is 9.84 Å². The van der Waals surface area contributed by atoms with Crippen LogP contribution >= 0.6 is 11.8 Å². The van der Waals surface area contributed by atoms with E-state index in [2.05, 4.69) is 6.07 Å². The minimum Gasteiger partial charge on any atom is -0.481 e. The van der Waals surface area contributed by atoms with E-state index in [0.29, 0.717) is 6.42 Å². The van der Waals surface area contributed by atoms with Crippen molar-refractivity contribution in [3.05, 3.63) is 23.8 Å². The molecular weight excluding hydrogens is 172 g/mol. The van der Waals surface area contributed by atoms with E-state index < -0.39 is 0 Å². The molecule has 1 aliphatic heterocycles. The average molecular weight is 182 g/mol. The molecule has 0 saturated heterocycles. The molecule has 0 aromatic heterocycles. The summed E-state index contributed by atoms with van der Waals surface area (Å²) in [4.78, 5) is 1.21. The van der Waals surface area contributed by atoms with E-state index in [0.717, 1.165) is 17.3 Å². The van der Waals surface area contributed by atoms with Gasteiger partial charge in [-0.05, 0) is 24.1 Å². The second kappa shape index (κ2) is 3.37. The van der Waals surface area contributed by atoms with Gasteiger partial charge in [0.1, 0.15) is 11.7 Å². The zero-order chi connectivity index (χ0) is 8.39. The standard InChI is InChI=1S/C9H10O2S/c10-4-3-7-1-2-9-8(5-7)11-6-12-9/h1-2,5,10H,3-4,6H2. The number of benzene rings is 1. The maximum absolute atomic E-state index is 8.72. The fourth-order valence-electron chi connectivity index (χ4n) is 1.23. The second-order valence-corrected chi connectivity index (χ2v) is 3.63. The largest absolute Gasteiger partial charge is 0.481 e. The van der Waals surface area contributed by atoms with E-state index in [1.165, 1.54) is 4.90 Å². The highest BCUT2D eigenvalue weighted by molar-refractivity contribution is 7.99. The molecule has 0 spiro atoms.